The second-order valence-electron chi connectivity index (χ2n) is 4.38. The van der Waals surface area contributed by atoms with Gasteiger partial charge in [-0.3, -0.25) is 4.99 Å². The molecule has 6 heteroatoms. The summed E-state index contributed by atoms with van der Waals surface area (Å²) in [7, 11) is 0. The number of nitrogens with zero attached hydrogens (tertiary/aromatic N) is 4. The number of guanidine groups is 1. The number of aryl methyl sites for hydroxylation is 1. The first kappa shape index (κ1) is 15.5. The SMILES string of the molecule is CCCN=C(NCCC)NCCn1cnnc1CC. The van der Waals surface area contributed by atoms with Crippen molar-refractivity contribution in [3.8, 4) is 0 Å². The summed E-state index contributed by atoms with van der Waals surface area (Å²) in [4.78, 5) is 4.50. The Morgan fingerprint density at radius 3 is 2.68 bits per heavy atom. The summed E-state index contributed by atoms with van der Waals surface area (Å²) in [6, 6.07) is 0. The Morgan fingerprint density at radius 1 is 1.21 bits per heavy atom. The molecule has 6 nitrogen and oxygen atoms in total. The van der Waals surface area contributed by atoms with Crippen molar-refractivity contribution in [1.29, 1.82) is 0 Å². The molecule has 1 heterocycles. The maximum Gasteiger partial charge on any atom is 0.191 e. The maximum absolute atomic E-state index is 4.50. The molecule has 0 atom stereocenters. The van der Waals surface area contributed by atoms with Crippen molar-refractivity contribution in [2.75, 3.05) is 19.6 Å². The van der Waals surface area contributed by atoms with Gasteiger partial charge >= 0.3 is 0 Å². The Kier molecular flexibility index (Phi) is 7.62. The molecule has 2 N–H and O–H groups in total. The highest BCUT2D eigenvalue weighted by molar-refractivity contribution is 5.79. The zero-order valence-electron chi connectivity index (χ0n) is 12.3. The molecule has 19 heavy (non-hydrogen) atoms. The number of aromatic nitrogens is 3. The minimum Gasteiger partial charge on any atom is -0.356 e. The molecule has 0 fully saturated rings. The van der Waals surface area contributed by atoms with E-state index in [1.807, 2.05) is 0 Å². The summed E-state index contributed by atoms with van der Waals surface area (Å²) in [6.45, 7) is 9.85. The lowest BCUT2D eigenvalue weighted by molar-refractivity contribution is 0.630. The Balaban J connectivity index is 2.38. The lowest BCUT2D eigenvalue weighted by Crippen LogP contribution is -2.39. The van der Waals surface area contributed by atoms with Crippen molar-refractivity contribution >= 4 is 5.96 Å². The molecule has 0 aliphatic carbocycles. The number of hydrogen-bond acceptors (Lipinski definition) is 3. The van der Waals surface area contributed by atoms with Gasteiger partial charge in [0, 0.05) is 32.6 Å². The van der Waals surface area contributed by atoms with Crippen LogP contribution in [0.2, 0.25) is 0 Å². The lowest BCUT2D eigenvalue weighted by atomic mass is 10.4. The molecule has 1 rings (SSSR count). The Morgan fingerprint density at radius 2 is 2.00 bits per heavy atom. The third-order valence-corrected chi connectivity index (χ3v) is 2.69. The first-order chi connectivity index (χ1) is 9.31. The molecule has 1 aromatic rings. The number of rotatable bonds is 8. The summed E-state index contributed by atoms with van der Waals surface area (Å²) < 4.78 is 2.07. The Bertz CT molecular complexity index is 371. The van der Waals surface area contributed by atoms with E-state index in [4.69, 9.17) is 0 Å². The van der Waals surface area contributed by atoms with Crippen LogP contribution in [0.25, 0.3) is 0 Å². The van der Waals surface area contributed by atoms with Crippen molar-refractivity contribution in [2.24, 2.45) is 4.99 Å². The summed E-state index contributed by atoms with van der Waals surface area (Å²) in [5, 5.41) is 14.7. The van der Waals surface area contributed by atoms with E-state index in [1.165, 1.54) is 0 Å². The van der Waals surface area contributed by atoms with Crippen LogP contribution in [0.1, 0.15) is 39.4 Å². The van der Waals surface area contributed by atoms with Gasteiger partial charge in [-0.05, 0) is 12.8 Å². The van der Waals surface area contributed by atoms with E-state index in [-0.39, 0.29) is 0 Å². The monoisotopic (exact) mass is 266 g/mol. The zero-order chi connectivity index (χ0) is 13.9. The maximum atomic E-state index is 4.50. The van der Waals surface area contributed by atoms with E-state index in [0.717, 1.165) is 57.2 Å². The van der Waals surface area contributed by atoms with Crippen molar-refractivity contribution in [3.05, 3.63) is 12.2 Å². The molecule has 0 unspecified atom stereocenters. The molecule has 0 aliphatic rings. The number of hydrogen-bond donors (Lipinski definition) is 2. The van der Waals surface area contributed by atoms with Crippen LogP contribution in [0.5, 0.6) is 0 Å². The van der Waals surface area contributed by atoms with Gasteiger partial charge in [-0.25, -0.2) is 0 Å². The first-order valence-electron chi connectivity index (χ1n) is 7.20. The van der Waals surface area contributed by atoms with Crippen LogP contribution < -0.4 is 10.6 Å². The van der Waals surface area contributed by atoms with Gasteiger partial charge in [0.2, 0.25) is 0 Å². The standard InChI is InChI=1S/C13H26N6/c1-4-7-14-13(15-8-5-2)16-9-10-19-11-17-18-12(19)6-3/h11H,4-10H2,1-3H3,(H2,14,15,16). The van der Waals surface area contributed by atoms with Crippen molar-refractivity contribution in [1.82, 2.24) is 25.4 Å². The van der Waals surface area contributed by atoms with Crippen LogP contribution in [0, 0.1) is 0 Å². The van der Waals surface area contributed by atoms with Gasteiger partial charge in [-0.1, -0.05) is 20.8 Å². The molecule has 0 aromatic carbocycles. The number of aliphatic imine (C=N–C) groups is 1. The van der Waals surface area contributed by atoms with E-state index in [9.17, 15) is 0 Å². The van der Waals surface area contributed by atoms with E-state index >= 15 is 0 Å². The third-order valence-electron chi connectivity index (χ3n) is 2.69. The quantitative estimate of drug-likeness (QED) is 0.548. The zero-order valence-corrected chi connectivity index (χ0v) is 12.3. The van der Waals surface area contributed by atoms with E-state index < -0.39 is 0 Å². The van der Waals surface area contributed by atoms with Gasteiger partial charge < -0.3 is 15.2 Å². The summed E-state index contributed by atoms with van der Waals surface area (Å²) >= 11 is 0. The van der Waals surface area contributed by atoms with Crippen LogP contribution in [-0.2, 0) is 13.0 Å². The van der Waals surface area contributed by atoms with E-state index in [2.05, 4.69) is 51.2 Å². The fourth-order valence-electron chi connectivity index (χ4n) is 1.68. The minimum atomic E-state index is 0.824. The smallest absolute Gasteiger partial charge is 0.191 e. The molecule has 0 saturated carbocycles. The van der Waals surface area contributed by atoms with Crippen LogP contribution in [0.4, 0.5) is 0 Å². The summed E-state index contributed by atoms with van der Waals surface area (Å²) in [5.41, 5.74) is 0. The minimum absolute atomic E-state index is 0.824. The van der Waals surface area contributed by atoms with Crippen LogP contribution in [-0.4, -0.2) is 40.4 Å². The normalized spacial score (nSPS) is 11.6. The van der Waals surface area contributed by atoms with E-state index in [0.29, 0.717) is 0 Å². The van der Waals surface area contributed by atoms with Crippen LogP contribution >= 0.6 is 0 Å². The van der Waals surface area contributed by atoms with Gasteiger partial charge in [-0.15, -0.1) is 10.2 Å². The van der Waals surface area contributed by atoms with Gasteiger partial charge in [0.05, 0.1) is 0 Å². The van der Waals surface area contributed by atoms with Crippen LogP contribution in [0.3, 0.4) is 0 Å². The fraction of sp³-hybridized carbons (Fsp3) is 0.769. The molecule has 0 aliphatic heterocycles. The van der Waals surface area contributed by atoms with Gasteiger partial charge in [0.25, 0.3) is 0 Å². The molecular weight excluding hydrogens is 240 g/mol. The largest absolute Gasteiger partial charge is 0.356 e. The molecule has 1 aromatic heterocycles. The number of nitrogens with one attached hydrogen (secondary N) is 2. The summed E-state index contributed by atoms with van der Waals surface area (Å²) in [6.07, 6.45) is 4.84. The molecule has 0 spiro atoms. The Hall–Kier alpha value is -1.59. The van der Waals surface area contributed by atoms with Crippen molar-refractivity contribution in [2.45, 2.75) is 46.6 Å². The third kappa shape index (κ3) is 5.72. The molecule has 0 saturated heterocycles. The highest BCUT2D eigenvalue weighted by Crippen LogP contribution is 1.94. The van der Waals surface area contributed by atoms with Gasteiger partial charge in [0.15, 0.2) is 5.96 Å². The first-order valence-corrected chi connectivity index (χ1v) is 7.20. The highest BCUT2D eigenvalue weighted by Gasteiger charge is 2.02. The molecule has 0 amide bonds. The average molecular weight is 266 g/mol. The predicted octanol–water partition coefficient (Wildman–Crippen LogP) is 1.20. The molecule has 0 radical (unpaired) electrons. The topological polar surface area (TPSA) is 67.1 Å². The van der Waals surface area contributed by atoms with Crippen LogP contribution in [0.15, 0.2) is 11.3 Å². The van der Waals surface area contributed by atoms with Crippen molar-refractivity contribution < 1.29 is 0 Å². The predicted molar refractivity (Wildman–Crippen MR) is 78.3 cm³/mol. The molecular formula is C13H26N6. The fourth-order valence-corrected chi connectivity index (χ4v) is 1.68. The average Bonchev–Trinajstić information content (AvgIpc) is 2.88. The van der Waals surface area contributed by atoms with E-state index in [1.54, 1.807) is 6.33 Å². The Labute approximate surface area is 115 Å². The molecule has 0 bridgehead atoms. The second kappa shape index (κ2) is 9.35. The highest BCUT2D eigenvalue weighted by atomic mass is 15.3. The van der Waals surface area contributed by atoms with Gasteiger partial charge in [0.1, 0.15) is 12.2 Å². The summed E-state index contributed by atoms with van der Waals surface area (Å²) in [5.74, 6) is 1.92. The molecule has 108 valence electrons. The second-order valence-corrected chi connectivity index (χ2v) is 4.38. The van der Waals surface area contributed by atoms with Crippen molar-refractivity contribution in [3.63, 3.8) is 0 Å². The van der Waals surface area contributed by atoms with Gasteiger partial charge in [-0.2, -0.15) is 0 Å². The lowest BCUT2D eigenvalue weighted by Gasteiger charge is -2.12.